The van der Waals surface area contributed by atoms with Crippen molar-refractivity contribution in [2.45, 2.75) is 26.9 Å². The second kappa shape index (κ2) is 4.58. The molecule has 0 aliphatic rings. The summed E-state index contributed by atoms with van der Waals surface area (Å²) in [5, 5.41) is 12.8. The highest BCUT2D eigenvalue weighted by atomic mass is 16.3. The normalized spacial score (nSPS) is 12.9. The predicted octanol–water partition coefficient (Wildman–Crippen LogP) is 1.86. The quantitative estimate of drug-likeness (QED) is 0.768. The lowest BCUT2D eigenvalue weighted by Crippen LogP contribution is -2.17. The number of likely N-dealkylation sites (N-methyl/N-ethyl adjacent to an activating group) is 1. The van der Waals surface area contributed by atoms with E-state index in [1.165, 1.54) is 11.1 Å². The van der Waals surface area contributed by atoms with Crippen LogP contribution in [0.3, 0.4) is 0 Å². The highest BCUT2D eigenvalue weighted by molar-refractivity contribution is 5.37. The molecule has 1 aromatic rings. The SMILES string of the molecule is CNCC(O)c1cc(C)c(C)cc1C. The zero-order chi connectivity index (χ0) is 10.7. The maximum atomic E-state index is 9.85. The molecule has 0 aliphatic carbocycles. The molecule has 0 radical (unpaired) electrons. The van der Waals surface area contributed by atoms with Gasteiger partial charge >= 0.3 is 0 Å². The summed E-state index contributed by atoms with van der Waals surface area (Å²) in [5.74, 6) is 0. The smallest absolute Gasteiger partial charge is 0.0916 e. The molecule has 0 spiro atoms. The number of hydrogen-bond donors (Lipinski definition) is 2. The van der Waals surface area contributed by atoms with Crippen LogP contribution in [0.4, 0.5) is 0 Å². The molecule has 1 atom stereocenters. The van der Waals surface area contributed by atoms with Gasteiger partial charge in [0.15, 0.2) is 0 Å². The molecule has 0 saturated heterocycles. The maximum absolute atomic E-state index is 9.85. The van der Waals surface area contributed by atoms with E-state index in [4.69, 9.17) is 0 Å². The van der Waals surface area contributed by atoms with E-state index in [2.05, 4.69) is 31.3 Å². The second-order valence-corrected chi connectivity index (χ2v) is 3.87. The third-order valence-electron chi connectivity index (χ3n) is 2.64. The molecule has 14 heavy (non-hydrogen) atoms. The summed E-state index contributed by atoms with van der Waals surface area (Å²) >= 11 is 0. The van der Waals surface area contributed by atoms with E-state index in [0.717, 1.165) is 11.1 Å². The lowest BCUT2D eigenvalue weighted by atomic mass is 9.97. The van der Waals surface area contributed by atoms with Crippen LogP contribution in [0.2, 0.25) is 0 Å². The van der Waals surface area contributed by atoms with Gasteiger partial charge in [-0.25, -0.2) is 0 Å². The minimum atomic E-state index is -0.403. The first-order valence-corrected chi connectivity index (χ1v) is 4.96. The Kier molecular flexibility index (Phi) is 3.67. The predicted molar refractivity (Wildman–Crippen MR) is 59.5 cm³/mol. The molecule has 2 heteroatoms. The van der Waals surface area contributed by atoms with Gasteiger partial charge in [0.05, 0.1) is 6.10 Å². The molecule has 2 nitrogen and oxygen atoms in total. The summed E-state index contributed by atoms with van der Waals surface area (Å²) in [5.41, 5.74) is 4.71. The first kappa shape index (κ1) is 11.2. The van der Waals surface area contributed by atoms with Crippen molar-refractivity contribution < 1.29 is 5.11 Å². The van der Waals surface area contributed by atoms with E-state index in [0.29, 0.717) is 6.54 Å². The Morgan fingerprint density at radius 2 is 1.71 bits per heavy atom. The van der Waals surface area contributed by atoms with Crippen LogP contribution in [-0.4, -0.2) is 18.7 Å². The van der Waals surface area contributed by atoms with Crippen molar-refractivity contribution in [2.75, 3.05) is 13.6 Å². The topological polar surface area (TPSA) is 32.3 Å². The van der Waals surface area contributed by atoms with Gasteiger partial charge in [0, 0.05) is 6.54 Å². The fourth-order valence-corrected chi connectivity index (χ4v) is 1.65. The van der Waals surface area contributed by atoms with E-state index >= 15 is 0 Å². The number of rotatable bonds is 3. The molecule has 2 N–H and O–H groups in total. The Bertz CT molecular complexity index is 320. The Morgan fingerprint density at radius 1 is 1.14 bits per heavy atom. The van der Waals surface area contributed by atoms with Gasteiger partial charge in [0.25, 0.3) is 0 Å². The van der Waals surface area contributed by atoms with Gasteiger partial charge in [-0.3, -0.25) is 0 Å². The van der Waals surface area contributed by atoms with Gasteiger partial charge in [-0.2, -0.15) is 0 Å². The minimum Gasteiger partial charge on any atom is -0.387 e. The Morgan fingerprint density at radius 3 is 2.29 bits per heavy atom. The number of benzene rings is 1. The Balaban J connectivity index is 3.02. The lowest BCUT2D eigenvalue weighted by Gasteiger charge is -2.15. The van der Waals surface area contributed by atoms with Gasteiger partial charge in [0.2, 0.25) is 0 Å². The summed E-state index contributed by atoms with van der Waals surface area (Å²) in [6, 6.07) is 4.20. The molecule has 0 fully saturated rings. The van der Waals surface area contributed by atoms with Crippen molar-refractivity contribution in [1.29, 1.82) is 0 Å². The van der Waals surface area contributed by atoms with E-state index in [9.17, 15) is 5.11 Å². The Hall–Kier alpha value is -0.860. The molecule has 1 unspecified atom stereocenters. The summed E-state index contributed by atoms with van der Waals surface area (Å²) < 4.78 is 0. The van der Waals surface area contributed by atoms with Crippen molar-refractivity contribution in [2.24, 2.45) is 0 Å². The molecule has 0 heterocycles. The number of nitrogens with one attached hydrogen (secondary N) is 1. The lowest BCUT2D eigenvalue weighted by molar-refractivity contribution is 0.177. The molecule has 0 amide bonds. The molecule has 78 valence electrons. The zero-order valence-corrected chi connectivity index (χ0v) is 9.39. The second-order valence-electron chi connectivity index (χ2n) is 3.87. The van der Waals surface area contributed by atoms with Crippen molar-refractivity contribution in [3.05, 3.63) is 34.4 Å². The molecule has 0 saturated carbocycles. The van der Waals surface area contributed by atoms with Crippen LogP contribution in [0.15, 0.2) is 12.1 Å². The van der Waals surface area contributed by atoms with Gasteiger partial charge in [-0.15, -0.1) is 0 Å². The highest BCUT2D eigenvalue weighted by Gasteiger charge is 2.10. The molecule has 0 aliphatic heterocycles. The van der Waals surface area contributed by atoms with Gasteiger partial charge in [-0.1, -0.05) is 12.1 Å². The first-order valence-electron chi connectivity index (χ1n) is 4.96. The van der Waals surface area contributed by atoms with Crippen LogP contribution in [0, 0.1) is 20.8 Å². The minimum absolute atomic E-state index is 0.403. The third kappa shape index (κ3) is 2.34. The molecule has 0 aromatic heterocycles. The largest absolute Gasteiger partial charge is 0.387 e. The summed E-state index contributed by atoms with van der Waals surface area (Å²) in [6.07, 6.45) is -0.403. The Labute approximate surface area is 86.0 Å². The monoisotopic (exact) mass is 193 g/mol. The fourth-order valence-electron chi connectivity index (χ4n) is 1.65. The highest BCUT2D eigenvalue weighted by Crippen LogP contribution is 2.21. The van der Waals surface area contributed by atoms with Crippen molar-refractivity contribution in [3.8, 4) is 0 Å². The van der Waals surface area contributed by atoms with E-state index in [1.807, 2.05) is 14.0 Å². The van der Waals surface area contributed by atoms with Crippen LogP contribution in [0.5, 0.6) is 0 Å². The number of aliphatic hydroxyl groups excluding tert-OH is 1. The average Bonchev–Trinajstić information content (AvgIpc) is 2.11. The van der Waals surface area contributed by atoms with Crippen LogP contribution in [-0.2, 0) is 0 Å². The van der Waals surface area contributed by atoms with E-state index in [-0.39, 0.29) is 0 Å². The fraction of sp³-hybridized carbons (Fsp3) is 0.500. The standard InChI is InChI=1S/C12H19NO/c1-8-5-10(3)11(6-9(8)2)12(14)7-13-4/h5-6,12-14H,7H2,1-4H3. The molecule has 1 aromatic carbocycles. The van der Waals surface area contributed by atoms with Crippen molar-refractivity contribution in [3.63, 3.8) is 0 Å². The molecule has 1 rings (SSSR count). The molecular formula is C12H19NO. The van der Waals surface area contributed by atoms with Crippen molar-refractivity contribution >= 4 is 0 Å². The third-order valence-corrected chi connectivity index (χ3v) is 2.64. The van der Waals surface area contributed by atoms with Crippen LogP contribution < -0.4 is 5.32 Å². The van der Waals surface area contributed by atoms with Crippen LogP contribution in [0.1, 0.15) is 28.4 Å². The van der Waals surface area contributed by atoms with E-state index in [1.54, 1.807) is 0 Å². The zero-order valence-electron chi connectivity index (χ0n) is 9.39. The molecule has 0 bridgehead atoms. The van der Waals surface area contributed by atoms with Crippen LogP contribution >= 0.6 is 0 Å². The maximum Gasteiger partial charge on any atom is 0.0916 e. The summed E-state index contributed by atoms with van der Waals surface area (Å²) in [6.45, 7) is 6.81. The number of hydrogen-bond acceptors (Lipinski definition) is 2. The van der Waals surface area contributed by atoms with E-state index < -0.39 is 6.10 Å². The summed E-state index contributed by atoms with van der Waals surface area (Å²) in [4.78, 5) is 0. The van der Waals surface area contributed by atoms with Gasteiger partial charge < -0.3 is 10.4 Å². The van der Waals surface area contributed by atoms with Gasteiger partial charge in [-0.05, 0) is 50.1 Å². The average molecular weight is 193 g/mol. The summed E-state index contributed by atoms with van der Waals surface area (Å²) in [7, 11) is 1.85. The van der Waals surface area contributed by atoms with Crippen molar-refractivity contribution in [1.82, 2.24) is 5.32 Å². The van der Waals surface area contributed by atoms with Crippen LogP contribution in [0.25, 0.3) is 0 Å². The number of aryl methyl sites for hydroxylation is 3. The molecular weight excluding hydrogens is 174 g/mol. The van der Waals surface area contributed by atoms with Gasteiger partial charge in [0.1, 0.15) is 0 Å². The first-order chi connectivity index (χ1) is 6.56. The number of aliphatic hydroxyl groups is 1.